The van der Waals surface area contributed by atoms with Gasteiger partial charge in [0.2, 0.25) is 0 Å². The number of phenols is 1. The highest BCUT2D eigenvalue weighted by Gasteiger charge is 2.46. The third kappa shape index (κ3) is 4.18. The average molecular weight is 461 g/mol. The Bertz CT molecular complexity index is 1260. The van der Waals surface area contributed by atoms with Gasteiger partial charge in [-0.1, -0.05) is 6.07 Å². The Kier molecular flexibility index (Phi) is 5.43. The summed E-state index contributed by atoms with van der Waals surface area (Å²) in [6.45, 7) is 4.68. The number of aromatic hydroxyl groups is 1. The second-order valence-electron chi connectivity index (χ2n) is 10.5. The molecule has 2 fully saturated rings. The minimum atomic E-state index is -0.153. The largest absolute Gasteiger partial charge is 0.507 e. The van der Waals surface area contributed by atoms with Crippen molar-refractivity contribution in [2.75, 3.05) is 11.9 Å². The summed E-state index contributed by atoms with van der Waals surface area (Å²) in [5.74, 6) is 0.906. The molecule has 8 nitrogen and oxygen atoms in total. The van der Waals surface area contributed by atoms with Crippen LogP contribution in [0.5, 0.6) is 5.75 Å². The highest BCUT2D eigenvalue weighted by Crippen LogP contribution is 2.42. The van der Waals surface area contributed by atoms with Crippen molar-refractivity contribution in [1.82, 2.24) is 25.1 Å². The molecule has 2 aliphatic rings. The van der Waals surface area contributed by atoms with E-state index in [4.69, 9.17) is 0 Å². The maximum atomic E-state index is 11.9. The SMILES string of the molecule is CN(c1ccc(-c2ccc(-c3cc(=O)n(C)cn3)cc2O)nn1)[C@@H]1C[C@]2(C)CCC[C@](C)(C1)N2. The molecular formula is C26H32N6O2. The molecule has 2 aromatic heterocycles. The molecular weight excluding hydrogens is 428 g/mol. The number of aryl methyl sites for hydroxylation is 1. The molecule has 3 aromatic rings. The molecule has 8 heteroatoms. The van der Waals surface area contributed by atoms with Gasteiger partial charge in [-0.05, 0) is 70.2 Å². The van der Waals surface area contributed by atoms with E-state index in [2.05, 4.69) is 46.3 Å². The molecule has 34 heavy (non-hydrogen) atoms. The topological polar surface area (TPSA) is 96.2 Å². The molecule has 1 aromatic carbocycles. The van der Waals surface area contributed by atoms with Crippen LogP contribution in [-0.2, 0) is 7.05 Å². The number of nitrogens with zero attached hydrogens (tertiary/aromatic N) is 5. The molecule has 4 heterocycles. The lowest BCUT2D eigenvalue weighted by molar-refractivity contribution is 0.0784. The number of aromatic nitrogens is 4. The summed E-state index contributed by atoms with van der Waals surface area (Å²) in [5, 5.41) is 23.5. The van der Waals surface area contributed by atoms with Gasteiger partial charge in [0.25, 0.3) is 5.56 Å². The summed E-state index contributed by atoms with van der Waals surface area (Å²) in [6.07, 6.45) is 7.34. The normalized spacial score (nSPS) is 26.3. The van der Waals surface area contributed by atoms with E-state index in [0.29, 0.717) is 28.6 Å². The molecule has 3 atom stereocenters. The highest BCUT2D eigenvalue weighted by molar-refractivity contribution is 5.73. The first-order chi connectivity index (χ1) is 16.1. The van der Waals surface area contributed by atoms with Gasteiger partial charge in [0, 0.05) is 48.4 Å². The lowest BCUT2D eigenvalue weighted by atomic mass is 9.69. The summed E-state index contributed by atoms with van der Waals surface area (Å²) in [5.41, 5.74) is 2.56. The molecule has 2 bridgehead atoms. The zero-order chi connectivity index (χ0) is 24.1. The molecule has 0 unspecified atom stereocenters. The molecule has 0 spiro atoms. The van der Waals surface area contributed by atoms with Crippen LogP contribution in [0, 0.1) is 0 Å². The number of anilines is 1. The Morgan fingerprint density at radius 3 is 2.41 bits per heavy atom. The fourth-order valence-corrected chi connectivity index (χ4v) is 5.79. The van der Waals surface area contributed by atoms with Gasteiger partial charge in [0.1, 0.15) is 5.75 Å². The Morgan fingerprint density at radius 1 is 1.06 bits per heavy atom. The number of hydrogen-bond donors (Lipinski definition) is 2. The van der Waals surface area contributed by atoms with Crippen LogP contribution < -0.4 is 15.8 Å². The Morgan fingerprint density at radius 2 is 1.79 bits per heavy atom. The van der Waals surface area contributed by atoms with Crippen molar-refractivity contribution in [2.45, 2.75) is 63.1 Å². The first-order valence-electron chi connectivity index (χ1n) is 11.9. The van der Waals surface area contributed by atoms with Crippen LogP contribution in [0.15, 0.2) is 47.5 Å². The van der Waals surface area contributed by atoms with Crippen LogP contribution in [0.1, 0.15) is 46.0 Å². The molecule has 0 saturated carbocycles. The second kappa shape index (κ2) is 8.20. The Balaban J connectivity index is 1.36. The first-order valence-corrected chi connectivity index (χ1v) is 11.9. The summed E-state index contributed by atoms with van der Waals surface area (Å²) < 4.78 is 1.41. The van der Waals surface area contributed by atoms with Gasteiger partial charge < -0.3 is 19.9 Å². The van der Waals surface area contributed by atoms with Gasteiger partial charge >= 0.3 is 0 Å². The van der Waals surface area contributed by atoms with Crippen LogP contribution in [0.2, 0.25) is 0 Å². The van der Waals surface area contributed by atoms with E-state index < -0.39 is 0 Å². The minimum absolute atomic E-state index is 0.0717. The van der Waals surface area contributed by atoms with E-state index in [1.54, 1.807) is 19.2 Å². The molecule has 0 radical (unpaired) electrons. The molecule has 178 valence electrons. The maximum Gasteiger partial charge on any atom is 0.253 e. The molecule has 0 aliphatic carbocycles. The number of fused-ring (bicyclic) bond motifs is 2. The average Bonchev–Trinajstić information content (AvgIpc) is 2.79. The summed E-state index contributed by atoms with van der Waals surface area (Å²) >= 11 is 0. The van der Waals surface area contributed by atoms with Gasteiger partial charge in [0.15, 0.2) is 5.82 Å². The number of nitrogens with one attached hydrogen (secondary N) is 1. The summed E-state index contributed by atoms with van der Waals surface area (Å²) in [4.78, 5) is 18.4. The fourth-order valence-electron chi connectivity index (χ4n) is 5.79. The van der Waals surface area contributed by atoms with Crippen LogP contribution in [0.4, 0.5) is 5.82 Å². The number of piperidine rings is 2. The second-order valence-corrected chi connectivity index (χ2v) is 10.5. The van der Waals surface area contributed by atoms with Crippen molar-refractivity contribution < 1.29 is 5.11 Å². The lowest BCUT2D eigenvalue weighted by Crippen LogP contribution is -2.66. The van der Waals surface area contributed by atoms with E-state index in [1.165, 1.54) is 36.2 Å². The first kappa shape index (κ1) is 22.5. The van der Waals surface area contributed by atoms with E-state index in [1.807, 2.05) is 18.2 Å². The van der Waals surface area contributed by atoms with Crippen molar-refractivity contribution in [3.8, 4) is 28.3 Å². The number of hydrogen-bond acceptors (Lipinski definition) is 7. The summed E-state index contributed by atoms with van der Waals surface area (Å²) in [6, 6.07) is 10.9. The van der Waals surface area contributed by atoms with Crippen molar-refractivity contribution in [1.29, 1.82) is 0 Å². The van der Waals surface area contributed by atoms with Crippen LogP contribution in [0.3, 0.4) is 0 Å². The number of rotatable bonds is 4. The Hall–Kier alpha value is -3.26. The number of phenolic OH excluding ortho intramolecular Hbond substituents is 1. The zero-order valence-corrected chi connectivity index (χ0v) is 20.2. The molecule has 0 amide bonds. The fraction of sp³-hybridized carbons (Fsp3) is 0.462. The Labute approximate surface area is 199 Å². The quantitative estimate of drug-likeness (QED) is 0.615. The number of benzene rings is 1. The predicted octanol–water partition coefficient (Wildman–Crippen LogP) is 3.50. The third-order valence-corrected chi connectivity index (χ3v) is 7.54. The molecule has 2 N–H and O–H groups in total. The van der Waals surface area contributed by atoms with E-state index in [9.17, 15) is 9.90 Å². The zero-order valence-electron chi connectivity index (χ0n) is 20.2. The van der Waals surface area contributed by atoms with Gasteiger partial charge in [-0.2, -0.15) is 0 Å². The van der Waals surface area contributed by atoms with Gasteiger partial charge in [-0.3, -0.25) is 4.79 Å². The van der Waals surface area contributed by atoms with Crippen LogP contribution in [-0.4, -0.2) is 49.0 Å². The van der Waals surface area contributed by atoms with Crippen molar-refractivity contribution in [3.63, 3.8) is 0 Å². The smallest absolute Gasteiger partial charge is 0.253 e. The molecule has 5 rings (SSSR count). The summed E-state index contributed by atoms with van der Waals surface area (Å²) in [7, 11) is 3.75. The van der Waals surface area contributed by atoms with Crippen molar-refractivity contribution in [2.24, 2.45) is 7.05 Å². The van der Waals surface area contributed by atoms with Gasteiger partial charge in [-0.25, -0.2) is 4.98 Å². The van der Waals surface area contributed by atoms with E-state index in [-0.39, 0.29) is 22.4 Å². The van der Waals surface area contributed by atoms with E-state index in [0.717, 1.165) is 18.7 Å². The molecule has 2 saturated heterocycles. The lowest BCUT2D eigenvalue weighted by Gasteiger charge is -2.55. The van der Waals surface area contributed by atoms with Gasteiger partial charge in [-0.15, -0.1) is 10.2 Å². The van der Waals surface area contributed by atoms with Gasteiger partial charge in [0.05, 0.1) is 17.7 Å². The minimum Gasteiger partial charge on any atom is -0.507 e. The van der Waals surface area contributed by atoms with Crippen molar-refractivity contribution >= 4 is 5.82 Å². The highest BCUT2D eigenvalue weighted by atomic mass is 16.3. The monoisotopic (exact) mass is 460 g/mol. The van der Waals surface area contributed by atoms with Crippen molar-refractivity contribution in [3.05, 3.63) is 53.1 Å². The van der Waals surface area contributed by atoms with E-state index >= 15 is 0 Å². The standard InChI is InChI=1S/C26H32N6O2/c1-25-10-5-11-26(2,30-25)15-18(14-25)32(4)23-9-8-20(28-29-23)19-7-6-17(12-22(19)33)21-13-24(34)31(3)16-27-21/h6-9,12-13,16,18,30,33H,5,10-11,14-15H2,1-4H3/t18-,25+,26-. The van der Waals surface area contributed by atoms with Crippen LogP contribution in [0.25, 0.3) is 22.5 Å². The predicted molar refractivity (Wildman–Crippen MR) is 133 cm³/mol. The maximum absolute atomic E-state index is 11.9. The van der Waals surface area contributed by atoms with Crippen LogP contribution >= 0.6 is 0 Å². The third-order valence-electron chi connectivity index (χ3n) is 7.54. The molecule has 2 aliphatic heterocycles.